The van der Waals surface area contributed by atoms with Crippen molar-refractivity contribution in [2.75, 3.05) is 6.54 Å². The number of rotatable bonds is 12. The van der Waals surface area contributed by atoms with Gasteiger partial charge in [0.15, 0.2) is 0 Å². The van der Waals surface area contributed by atoms with Crippen LogP contribution in [0.3, 0.4) is 0 Å². The van der Waals surface area contributed by atoms with E-state index in [1.54, 1.807) is 0 Å². The van der Waals surface area contributed by atoms with Gasteiger partial charge in [0.05, 0.1) is 6.10 Å². The van der Waals surface area contributed by atoms with Crippen molar-refractivity contribution in [3.8, 4) is 0 Å². The Balaban J connectivity index is 1.69. The predicted octanol–water partition coefficient (Wildman–Crippen LogP) is 4.05. The first-order chi connectivity index (χ1) is 13.0. The van der Waals surface area contributed by atoms with E-state index in [9.17, 15) is 14.7 Å². The molecule has 0 spiro atoms. The van der Waals surface area contributed by atoms with Crippen LogP contribution in [0.15, 0.2) is 24.3 Å². The van der Waals surface area contributed by atoms with Crippen molar-refractivity contribution in [3.05, 3.63) is 34.9 Å². The van der Waals surface area contributed by atoms with Crippen molar-refractivity contribution in [1.82, 2.24) is 4.90 Å². The van der Waals surface area contributed by atoms with Gasteiger partial charge in [-0.2, -0.15) is 0 Å². The Morgan fingerprint density at radius 1 is 1.26 bits per heavy atom. The maximum absolute atomic E-state index is 12.1. The average Bonchev–Trinajstić information content (AvgIpc) is 2.96. The number of likely N-dealkylation sites (tertiary alicyclic amines) is 1. The van der Waals surface area contributed by atoms with Gasteiger partial charge in [0.1, 0.15) is 0 Å². The highest BCUT2D eigenvalue weighted by Crippen LogP contribution is 2.24. The molecule has 0 saturated carbocycles. The number of carbonyl (C=O) groups excluding carboxylic acids is 1. The third kappa shape index (κ3) is 7.89. The molecule has 1 aliphatic heterocycles. The minimum Gasteiger partial charge on any atom is -0.481 e. The van der Waals surface area contributed by atoms with Gasteiger partial charge in [0.2, 0.25) is 5.91 Å². The number of hydrogen-bond donors (Lipinski definition) is 2. The number of hydrogen-bond acceptors (Lipinski definition) is 3. The fourth-order valence-corrected chi connectivity index (χ4v) is 3.95. The maximum atomic E-state index is 12.1. The highest BCUT2D eigenvalue weighted by atomic mass is 35.5. The Kier molecular flexibility index (Phi) is 9.08. The Morgan fingerprint density at radius 2 is 2.04 bits per heavy atom. The second-order valence-electron chi connectivity index (χ2n) is 7.40. The molecular formula is C21H30ClNO4. The smallest absolute Gasteiger partial charge is 0.303 e. The van der Waals surface area contributed by atoms with Crippen molar-refractivity contribution < 1.29 is 19.8 Å². The van der Waals surface area contributed by atoms with Crippen LogP contribution in [-0.4, -0.2) is 45.7 Å². The van der Waals surface area contributed by atoms with Crippen LogP contribution in [0, 0.1) is 0 Å². The number of aliphatic hydroxyl groups is 1. The maximum Gasteiger partial charge on any atom is 0.303 e. The van der Waals surface area contributed by atoms with Gasteiger partial charge < -0.3 is 15.1 Å². The zero-order valence-corrected chi connectivity index (χ0v) is 16.5. The van der Waals surface area contributed by atoms with Crippen LogP contribution in [0.4, 0.5) is 0 Å². The number of amides is 1. The molecule has 0 aliphatic carbocycles. The fourth-order valence-electron chi connectivity index (χ4n) is 3.74. The highest BCUT2D eigenvalue weighted by Gasteiger charge is 2.30. The van der Waals surface area contributed by atoms with E-state index in [0.717, 1.165) is 44.2 Å². The van der Waals surface area contributed by atoms with Crippen LogP contribution in [0.1, 0.15) is 63.4 Å². The van der Waals surface area contributed by atoms with Crippen LogP contribution in [-0.2, 0) is 16.0 Å². The zero-order chi connectivity index (χ0) is 19.6. The molecule has 2 atom stereocenters. The minimum atomic E-state index is -0.749. The summed E-state index contributed by atoms with van der Waals surface area (Å²) in [5.41, 5.74) is 1.02. The van der Waals surface area contributed by atoms with Gasteiger partial charge in [-0.1, -0.05) is 36.6 Å². The first-order valence-corrected chi connectivity index (χ1v) is 10.3. The predicted molar refractivity (Wildman–Crippen MR) is 106 cm³/mol. The van der Waals surface area contributed by atoms with Crippen molar-refractivity contribution in [1.29, 1.82) is 0 Å². The summed E-state index contributed by atoms with van der Waals surface area (Å²) in [5.74, 6) is -0.545. The second-order valence-corrected chi connectivity index (χ2v) is 7.84. The van der Waals surface area contributed by atoms with E-state index in [0.29, 0.717) is 30.7 Å². The summed E-state index contributed by atoms with van der Waals surface area (Å²) in [6.07, 6.45) is 6.73. The number of carboxylic acid groups (broad SMARTS) is 1. The van der Waals surface area contributed by atoms with Crippen molar-refractivity contribution >= 4 is 23.5 Å². The summed E-state index contributed by atoms with van der Waals surface area (Å²) in [4.78, 5) is 24.6. The molecule has 150 valence electrons. The minimum absolute atomic E-state index is 0.204. The third-order valence-electron chi connectivity index (χ3n) is 5.19. The van der Waals surface area contributed by atoms with Gasteiger partial charge in [-0.15, -0.1) is 0 Å². The molecule has 0 radical (unpaired) electrons. The average molecular weight is 396 g/mol. The summed E-state index contributed by atoms with van der Waals surface area (Å²) < 4.78 is 0. The number of aliphatic hydroxyl groups excluding tert-OH is 1. The molecule has 0 bridgehead atoms. The van der Waals surface area contributed by atoms with Gasteiger partial charge in [0.25, 0.3) is 0 Å². The molecule has 1 aromatic rings. The molecular weight excluding hydrogens is 366 g/mol. The number of halogens is 1. The lowest BCUT2D eigenvalue weighted by molar-refractivity contribution is -0.137. The summed E-state index contributed by atoms with van der Waals surface area (Å²) >= 11 is 5.98. The molecule has 1 aromatic carbocycles. The number of carbonyl (C=O) groups is 2. The molecule has 1 heterocycles. The zero-order valence-electron chi connectivity index (χ0n) is 15.8. The number of carboxylic acids is 1. The molecule has 2 N–H and O–H groups in total. The van der Waals surface area contributed by atoms with E-state index in [4.69, 9.17) is 16.7 Å². The monoisotopic (exact) mass is 395 g/mol. The molecule has 1 aliphatic rings. The molecule has 0 unspecified atom stereocenters. The molecule has 1 amide bonds. The third-order valence-corrected chi connectivity index (χ3v) is 5.42. The molecule has 2 rings (SSSR count). The largest absolute Gasteiger partial charge is 0.481 e. The lowest BCUT2D eigenvalue weighted by Gasteiger charge is -2.25. The molecule has 6 heteroatoms. The Bertz CT molecular complexity index is 622. The van der Waals surface area contributed by atoms with Crippen LogP contribution >= 0.6 is 11.6 Å². The lowest BCUT2D eigenvalue weighted by Crippen LogP contribution is -2.34. The van der Waals surface area contributed by atoms with E-state index in [1.165, 1.54) is 0 Å². The van der Waals surface area contributed by atoms with E-state index in [-0.39, 0.29) is 18.4 Å². The van der Waals surface area contributed by atoms with Crippen LogP contribution in [0.2, 0.25) is 5.02 Å². The summed E-state index contributed by atoms with van der Waals surface area (Å²) in [6, 6.07) is 7.76. The van der Waals surface area contributed by atoms with Gasteiger partial charge in [-0.25, -0.2) is 0 Å². The Labute approximate surface area is 166 Å². The molecule has 5 nitrogen and oxygen atoms in total. The molecule has 27 heavy (non-hydrogen) atoms. The van der Waals surface area contributed by atoms with Gasteiger partial charge in [-0.05, 0) is 56.2 Å². The number of aliphatic carboxylic acids is 1. The molecule has 1 saturated heterocycles. The van der Waals surface area contributed by atoms with Gasteiger partial charge in [-0.3, -0.25) is 9.59 Å². The van der Waals surface area contributed by atoms with Crippen molar-refractivity contribution in [3.63, 3.8) is 0 Å². The first kappa shape index (κ1) is 21.7. The first-order valence-electron chi connectivity index (χ1n) is 9.89. The fraction of sp³-hybridized carbons (Fsp3) is 0.619. The second kappa shape index (κ2) is 11.3. The molecule has 0 aromatic heterocycles. The van der Waals surface area contributed by atoms with E-state index >= 15 is 0 Å². The molecule has 1 fully saturated rings. The number of unbranched alkanes of at least 4 members (excludes halogenated alkanes) is 3. The quantitative estimate of drug-likeness (QED) is 0.523. The van der Waals surface area contributed by atoms with E-state index in [2.05, 4.69) is 0 Å². The summed E-state index contributed by atoms with van der Waals surface area (Å²) in [5, 5.41) is 19.6. The Hall–Kier alpha value is -1.59. The Morgan fingerprint density at radius 3 is 2.78 bits per heavy atom. The summed E-state index contributed by atoms with van der Waals surface area (Å²) in [6.45, 7) is 0.737. The van der Waals surface area contributed by atoms with Gasteiger partial charge >= 0.3 is 5.97 Å². The number of benzene rings is 1. The number of nitrogens with zero attached hydrogens (tertiary/aromatic N) is 1. The normalized spacial score (nSPS) is 18.1. The van der Waals surface area contributed by atoms with Crippen LogP contribution in [0.5, 0.6) is 0 Å². The topological polar surface area (TPSA) is 77.8 Å². The van der Waals surface area contributed by atoms with Crippen LogP contribution < -0.4 is 0 Å². The van der Waals surface area contributed by atoms with Crippen molar-refractivity contribution in [2.24, 2.45) is 0 Å². The van der Waals surface area contributed by atoms with E-state index < -0.39 is 12.1 Å². The lowest BCUT2D eigenvalue weighted by atomic mass is 10.0. The summed E-state index contributed by atoms with van der Waals surface area (Å²) in [7, 11) is 0. The van der Waals surface area contributed by atoms with Gasteiger partial charge in [0, 0.05) is 30.5 Å². The standard InChI is InChI=1S/C21H30ClNO4/c22-17-7-5-6-16(14-17)15-19(24)11-9-18-10-12-20(25)23(18)13-4-2-1-3-8-21(26)27/h5-7,14,18-19,24H,1-4,8-13,15H2,(H,26,27)/t18-,19+/m0/s1. The highest BCUT2D eigenvalue weighted by molar-refractivity contribution is 6.30. The van der Waals surface area contributed by atoms with Crippen LogP contribution in [0.25, 0.3) is 0 Å². The SMILES string of the molecule is O=C(O)CCCCCCN1C(=O)CC[C@@H]1CC[C@@H](O)Cc1cccc(Cl)c1. The van der Waals surface area contributed by atoms with Crippen molar-refractivity contribution in [2.45, 2.75) is 76.4 Å². The van der Waals surface area contributed by atoms with E-state index in [1.807, 2.05) is 29.2 Å².